The van der Waals surface area contributed by atoms with Crippen molar-refractivity contribution in [3.05, 3.63) is 82.2 Å². The van der Waals surface area contributed by atoms with Crippen molar-refractivity contribution < 1.29 is 29.3 Å². The molecule has 2 aromatic rings. The van der Waals surface area contributed by atoms with Gasteiger partial charge in [0, 0.05) is 31.6 Å². The number of phenolic OH excluding ortho intramolecular Hbond substituents is 1. The Morgan fingerprint density at radius 1 is 1.09 bits per heavy atom. The van der Waals surface area contributed by atoms with E-state index in [0.717, 1.165) is 43.6 Å². The molecule has 43 heavy (non-hydrogen) atoms. The van der Waals surface area contributed by atoms with Crippen molar-refractivity contribution in [2.45, 2.75) is 71.1 Å². The topological polar surface area (TPSA) is 101 Å². The number of likely N-dealkylation sites (tertiary alicyclic amines) is 2. The van der Waals surface area contributed by atoms with Crippen molar-refractivity contribution in [3.63, 3.8) is 0 Å². The van der Waals surface area contributed by atoms with E-state index in [-0.39, 0.29) is 24.5 Å². The molecule has 0 aromatic heterocycles. The van der Waals surface area contributed by atoms with Crippen molar-refractivity contribution in [3.8, 4) is 5.75 Å². The molecule has 2 fully saturated rings. The molecule has 2 saturated heterocycles. The highest BCUT2D eigenvalue weighted by atomic mass is 19.1. The lowest BCUT2D eigenvalue weighted by Crippen LogP contribution is -2.47. The lowest BCUT2D eigenvalue weighted by Gasteiger charge is -2.36. The van der Waals surface area contributed by atoms with Crippen LogP contribution in [-0.2, 0) is 16.1 Å². The molecule has 2 amide bonds. The number of aliphatic hydroxyl groups is 2. The zero-order valence-electron chi connectivity index (χ0n) is 25.1. The summed E-state index contributed by atoms with van der Waals surface area (Å²) >= 11 is 0. The fourth-order valence-corrected chi connectivity index (χ4v) is 7.36. The second-order valence-electron chi connectivity index (χ2n) is 12.3. The monoisotopic (exact) mass is 590 g/mol. The zero-order valence-corrected chi connectivity index (χ0v) is 25.1. The van der Waals surface area contributed by atoms with E-state index < -0.39 is 35.4 Å². The van der Waals surface area contributed by atoms with E-state index in [1.54, 1.807) is 6.07 Å². The first-order valence-corrected chi connectivity index (χ1v) is 15.5. The van der Waals surface area contributed by atoms with Crippen molar-refractivity contribution in [2.24, 2.45) is 17.8 Å². The molecular formula is C35H43FN2O5. The minimum Gasteiger partial charge on any atom is -0.505 e. The Morgan fingerprint density at radius 3 is 2.47 bits per heavy atom. The molecule has 3 N–H and O–H groups in total. The number of nitrogens with zero attached hydrogens (tertiary/aromatic N) is 2. The van der Waals surface area contributed by atoms with Crippen LogP contribution in [0.1, 0.15) is 63.5 Å². The Labute approximate surface area is 253 Å². The van der Waals surface area contributed by atoms with Gasteiger partial charge in [-0.25, -0.2) is 4.39 Å². The van der Waals surface area contributed by atoms with Gasteiger partial charge in [-0.15, -0.1) is 0 Å². The molecular weight excluding hydrogens is 547 g/mol. The van der Waals surface area contributed by atoms with E-state index >= 15 is 0 Å². The molecule has 0 spiro atoms. The van der Waals surface area contributed by atoms with Gasteiger partial charge in [-0.3, -0.25) is 19.4 Å². The van der Waals surface area contributed by atoms with E-state index in [4.69, 9.17) is 0 Å². The number of piperidine rings is 1. The van der Waals surface area contributed by atoms with Gasteiger partial charge >= 0.3 is 0 Å². The molecule has 0 saturated carbocycles. The van der Waals surface area contributed by atoms with Gasteiger partial charge in [0.2, 0.25) is 11.8 Å². The standard InChI is InChI=1S/C35H43FN2O5/c1-3-23(18-25-10-11-30(40)29(36)19-25)9-12-31(41)32-22(2)17-27-33(28(32)21-39)35(43)38(34(27)42)26-13-15-37(16-14-26)20-24-7-5-4-6-8-24/h4-8,10-11,18-19,26-28,31,33,39-41H,3,9,12-17,20-21H2,1-2H3/b23-18+/t27-,28+,31-,33-/m1/s1. The predicted molar refractivity (Wildman–Crippen MR) is 163 cm³/mol. The summed E-state index contributed by atoms with van der Waals surface area (Å²) in [4.78, 5) is 31.4. The summed E-state index contributed by atoms with van der Waals surface area (Å²) in [5, 5.41) is 31.4. The number of fused-ring (bicyclic) bond motifs is 1. The number of aliphatic hydroxyl groups excluding tert-OH is 2. The molecule has 2 aromatic carbocycles. The smallest absolute Gasteiger partial charge is 0.234 e. The van der Waals surface area contributed by atoms with Crippen LogP contribution in [0.15, 0.2) is 65.3 Å². The highest BCUT2D eigenvalue weighted by molar-refractivity contribution is 6.06. The summed E-state index contributed by atoms with van der Waals surface area (Å²) < 4.78 is 13.8. The second kappa shape index (κ2) is 13.5. The SMILES string of the molecule is CC/C(=C\c1ccc(O)c(F)c1)CC[C@@H](O)C1=C(C)C[C@H]2C(=O)N(C3CCN(Cc4ccccc4)CC3)C(=O)[C@H]2[C@H]1CO. The number of hydrogen-bond donors (Lipinski definition) is 3. The third-order valence-corrected chi connectivity index (χ3v) is 9.63. The first kappa shape index (κ1) is 31.1. The molecule has 0 radical (unpaired) electrons. The van der Waals surface area contributed by atoms with Crippen molar-refractivity contribution in [1.29, 1.82) is 0 Å². The maximum Gasteiger partial charge on any atom is 0.234 e. The Balaban J connectivity index is 1.25. The number of allylic oxidation sites excluding steroid dienone is 2. The number of benzene rings is 2. The summed E-state index contributed by atoms with van der Waals surface area (Å²) in [6.45, 7) is 6.04. The summed E-state index contributed by atoms with van der Waals surface area (Å²) in [7, 11) is 0. The fourth-order valence-electron chi connectivity index (χ4n) is 7.36. The minimum atomic E-state index is -0.872. The van der Waals surface area contributed by atoms with Crippen molar-refractivity contribution >= 4 is 17.9 Å². The van der Waals surface area contributed by atoms with Gasteiger partial charge in [0.25, 0.3) is 0 Å². The normalized spacial score (nSPS) is 24.5. The third-order valence-electron chi connectivity index (χ3n) is 9.63. The third kappa shape index (κ3) is 6.61. The summed E-state index contributed by atoms with van der Waals surface area (Å²) in [5.74, 6) is -3.20. The average Bonchev–Trinajstić information content (AvgIpc) is 3.25. The first-order valence-electron chi connectivity index (χ1n) is 15.5. The van der Waals surface area contributed by atoms with E-state index in [0.29, 0.717) is 36.8 Å². The van der Waals surface area contributed by atoms with Crippen molar-refractivity contribution in [1.82, 2.24) is 9.80 Å². The Bertz CT molecular complexity index is 1380. The van der Waals surface area contributed by atoms with Crippen LogP contribution < -0.4 is 0 Å². The first-order chi connectivity index (χ1) is 20.7. The molecule has 230 valence electrons. The molecule has 2 aliphatic heterocycles. The molecule has 3 aliphatic rings. The number of imide groups is 1. The molecule has 7 nitrogen and oxygen atoms in total. The second-order valence-corrected chi connectivity index (χ2v) is 12.3. The number of carbonyl (C=O) groups excluding carboxylic acids is 2. The molecule has 0 unspecified atom stereocenters. The lowest BCUT2D eigenvalue weighted by molar-refractivity contribution is -0.144. The van der Waals surface area contributed by atoms with Crippen LogP contribution in [0.25, 0.3) is 6.08 Å². The number of aromatic hydroxyl groups is 1. The maximum atomic E-state index is 13.9. The summed E-state index contributed by atoms with van der Waals surface area (Å²) in [5.41, 5.74) is 4.43. The number of rotatable bonds is 10. The summed E-state index contributed by atoms with van der Waals surface area (Å²) in [6.07, 6.45) is 4.48. The van der Waals surface area contributed by atoms with Gasteiger partial charge in [-0.1, -0.05) is 60.5 Å². The Hall–Kier alpha value is -3.33. The Kier molecular flexibility index (Phi) is 9.79. The maximum absolute atomic E-state index is 13.9. The van der Waals surface area contributed by atoms with Crippen LogP contribution in [0.3, 0.4) is 0 Å². The molecule has 8 heteroatoms. The van der Waals surface area contributed by atoms with Crippen LogP contribution in [0, 0.1) is 23.6 Å². The fraction of sp³-hybridized carbons (Fsp3) is 0.486. The molecule has 5 rings (SSSR count). The van der Waals surface area contributed by atoms with E-state index in [1.807, 2.05) is 38.1 Å². The van der Waals surface area contributed by atoms with Crippen LogP contribution in [-0.4, -0.2) is 68.8 Å². The number of carbonyl (C=O) groups is 2. The zero-order chi connectivity index (χ0) is 30.7. The van der Waals surface area contributed by atoms with Gasteiger partial charge in [0.15, 0.2) is 11.6 Å². The molecule has 4 atom stereocenters. The largest absolute Gasteiger partial charge is 0.505 e. The number of hydrogen-bond acceptors (Lipinski definition) is 6. The average molecular weight is 591 g/mol. The van der Waals surface area contributed by atoms with Crippen molar-refractivity contribution in [2.75, 3.05) is 19.7 Å². The number of amides is 2. The van der Waals surface area contributed by atoms with Gasteiger partial charge in [-0.2, -0.15) is 0 Å². The quantitative estimate of drug-likeness (QED) is 0.264. The molecule has 2 heterocycles. The van der Waals surface area contributed by atoms with Gasteiger partial charge in [-0.05, 0) is 74.3 Å². The highest BCUT2D eigenvalue weighted by Crippen LogP contribution is 2.47. The highest BCUT2D eigenvalue weighted by Gasteiger charge is 2.56. The van der Waals surface area contributed by atoms with Gasteiger partial charge in [0.1, 0.15) is 0 Å². The number of phenols is 1. The van der Waals surface area contributed by atoms with E-state index in [1.165, 1.54) is 22.6 Å². The van der Waals surface area contributed by atoms with Crippen LogP contribution in [0.5, 0.6) is 5.75 Å². The van der Waals surface area contributed by atoms with Gasteiger partial charge in [0.05, 0.1) is 24.5 Å². The lowest BCUT2D eigenvalue weighted by atomic mass is 9.68. The molecule has 1 aliphatic carbocycles. The minimum absolute atomic E-state index is 0.139. The predicted octanol–water partition coefficient (Wildman–Crippen LogP) is 5.06. The van der Waals surface area contributed by atoms with E-state index in [9.17, 15) is 29.3 Å². The Morgan fingerprint density at radius 2 is 1.81 bits per heavy atom. The number of halogens is 1. The van der Waals surface area contributed by atoms with E-state index in [2.05, 4.69) is 17.0 Å². The van der Waals surface area contributed by atoms with Crippen LogP contribution in [0.4, 0.5) is 4.39 Å². The van der Waals surface area contributed by atoms with Crippen LogP contribution >= 0.6 is 0 Å². The van der Waals surface area contributed by atoms with Crippen LogP contribution in [0.2, 0.25) is 0 Å². The van der Waals surface area contributed by atoms with Gasteiger partial charge < -0.3 is 15.3 Å². The summed E-state index contributed by atoms with van der Waals surface area (Å²) in [6, 6.07) is 14.4. The molecule has 0 bridgehead atoms.